The van der Waals surface area contributed by atoms with Gasteiger partial charge in [0.25, 0.3) is 0 Å². The van der Waals surface area contributed by atoms with Crippen LogP contribution in [0.25, 0.3) is 0 Å². The molecule has 1 aromatic carbocycles. The van der Waals surface area contributed by atoms with Crippen molar-refractivity contribution in [2.75, 3.05) is 13.1 Å². The van der Waals surface area contributed by atoms with Crippen molar-refractivity contribution in [2.45, 2.75) is 31.4 Å². The summed E-state index contributed by atoms with van der Waals surface area (Å²) in [7, 11) is 0. The number of aliphatic hydroxyl groups excluding tert-OH is 1. The first-order valence-corrected chi connectivity index (χ1v) is 7.41. The lowest BCUT2D eigenvalue weighted by atomic mass is 10.00. The summed E-state index contributed by atoms with van der Waals surface area (Å²) in [6.45, 7) is 1.44. The average molecular weight is 274 g/mol. The molecule has 1 aromatic rings. The number of likely N-dealkylation sites (tertiary alicyclic amines) is 1. The third kappa shape index (κ3) is 2.58. The van der Waals surface area contributed by atoms with E-state index in [-0.39, 0.29) is 17.9 Å². The molecule has 3 unspecified atom stereocenters. The van der Waals surface area contributed by atoms with Gasteiger partial charge in [-0.1, -0.05) is 30.3 Å². The second-order valence-corrected chi connectivity index (χ2v) is 6.11. The summed E-state index contributed by atoms with van der Waals surface area (Å²) < 4.78 is 0. The normalized spacial score (nSPS) is 30.3. The number of hydrogen-bond donors (Lipinski definition) is 2. The van der Waals surface area contributed by atoms with E-state index in [1.54, 1.807) is 0 Å². The van der Waals surface area contributed by atoms with Gasteiger partial charge in [0.1, 0.15) is 0 Å². The van der Waals surface area contributed by atoms with Crippen molar-refractivity contribution in [2.24, 2.45) is 17.6 Å². The molecule has 4 heteroatoms. The summed E-state index contributed by atoms with van der Waals surface area (Å²) in [5, 5.41) is 9.90. The van der Waals surface area contributed by atoms with Crippen LogP contribution in [0.5, 0.6) is 0 Å². The van der Waals surface area contributed by atoms with Crippen molar-refractivity contribution in [1.82, 2.24) is 4.90 Å². The molecule has 1 saturated carbocycles. The maximum absolute atomic E-state index is 12.4. The molecule has 1 saturated heterocycles. The average Bonchev–Trinajstić information content (AvgIpc) is 3.02. The van der Waals surface area contributed by atoms with E-state index in [4.69, 9.17) is 5.73 Å². The number of amides is 1. The van der Waals surface area contributed by atoms with Crippen LogP contribution in [0.15, 0.2) is 30.3 Å². The molecule has 20 heavy (non-hydrogen) atoms. The molecule has 2 aliphatic rings. The number of fused-ring (bicyclic) bond motifs is 1. The topological polar surface area (TPSA) is 66.6 Å². The van der Waals surface area contributed by atoms with Crippen LogP contribution in [0, 0.1) is 11.8 Å². The largest absolute Gasteiger partial charge is 0.393 e. The van der Waals surface area contributed by atoms with Crippen LogP contribution < -0.4 is 5.73 Å². The number of carbonyl (C=O) groups is 1. The van der Waals surface area contributed by atoms with E-state index in [1.807, 2.05) is 35.2 Å². The van der Waals surface area contributed by atoms with Crippen LogP contribution in [0.3, 0.4) is 0 Å². The molecule has 4 atom stereocenters. The third-order valence-corrected chi connectivity index (χ3v) is 4.75. The quantitative estimate of drug-likeness (QED) is 0.856. The molecule has 2 fully saturated rings. The molecule has 1 heterocycles. The number of nitrogens with two attached hydrogens (primary N) is 1. The molecule has 0 spiro atoms. The number of aliphatic hydroxyl groups is 1. The van der Waals surface area contributed by atoms with E-state index in [0.29, 0.717) is 18.9 Å². The fraction of sp³-hybridized carbons (Fsp3) is 0.562. The van der Waals surface area contributed by atoms with Gasteiger partial charge in [-0.3, -0.25) is 4.79 Å². The zero-order valence-electron chi connectivity index (χ0n) is 11.6. The lowest BCUT2D eigenvalue weighted by molar-refractivity contribution is -0.132. The molecule has 1 amide bonds. The first kappa shape index (κ1) is 13.6. The van der Waals surface area contributed by atoms with Crippen molar-refractivity contribution in [3.63, 3.8) is 0 Å². The lowest BCUT2D eigenvalue weighted by Gasteiger charge is -2.22. The predicted octanol–water partition coefficient (Wildman–Crippen LogP) is 0.786. The molecule has 3 N–H and O–H groups in total. The Kier molecular flexibility index (Phi) is 3.76. The SMILES string of the molecule is N[C@H](Cc1ccccc1)C(=O)N1CC2CCC(O)C2C1. The molecule has 3 rings (SSSR count). The molecule has 0 bridgehead atoms. The van der Waals surface area contributed by atoms with Crippen molar-refractivity contribution < 1.29 is 9.90 Å². The molecular weight excluding hydrogens is 252 g/mol. The number of benzene rings is 1. The van der Waals surface area contributed by atoms with Crippen molar-refractivity contribution in [3.05, 3.63) is 35.9 Å². The highest BCUT2D eigenvalue weighted by molar-refractivity contribution is 5.82. The minimum absolute atomic E-state index is 0.0236. The Morgan fingerprint density at radius 2 is 2.05 bits per heavy atom. The second kappa shape index (κ2) is 5.54. The maximum Gasteiger partial charge on any atom is 0.239 e. The minimum atomic E-state index is -0.478. The first-order chi connectivity index (χ1) is 9.65. The van der Waals surface area contributed by atoms with E-state index in [1.165, 1.54) is 0 Å². The van der Waals surface area contributed by atoms with Crippen LogP contribution in [-0.2, 0) is 11.2 Å². The number of rotatable bonds is 3. The fourth-order valence-corrected chi connectivity index (χ4v) is 3.61. The highest BCUT2D eigenvalue weighted by Gasteiger charge is 2.43. The van der Waals surface area contributed by atoms with Gasteiger partial charge < -0.3 is 15.7 Å². The van der Waals surface area contributed by atoms with Gasteiger partial charge in [-0.15, -0.1) is 0 Å². The van der Waals surface area contributed by atoms with Gasteiger partial charge in [-0.25, -0.2) is 0 Å². The number of nitrogens with zero attached hydrogens (tertiary/aromatic N) is 1. The summed E-state index contributed by atoms with van der Waals surface area (Å²) in [6, 6.07) is 9.39. The van der Waals surface area contributed by atoms with Crippen LogP contribution >= 0.6 is 0 Å². The Bertz CT molecular complexity index is 477. The van der Waals surface area contributed by atoms with Crippen LogP contribution in [0.2, 0.25) is 0 Å². The first-order valence-electron chi connectivity index (χ1n) is 7.41. The Balaban J connectivity index is 1.59. The third-order valence-electron chi connectivity index (χ3n) is 4.75. The molecule has 108 valence electrons. The molecule has 4 nitrogen and oxygen atoms in total. The minimum Gasteiger partial charge on any atom is -0.393 e. The second-order valence-electron chi connectivity index (χ2n) is 6.11. The summed E-state index contributed by atoms with van der Waals surface area (Å²) >= 11 is 0. The van der Waals surface area contributed by atoms with Gasteiger partial charge in [-0.2, -0.15) is 0 Å². The predicted molar refractivity (Wildman–Crippen MR) is 76.9 cm³/mol. The van der Waals surface area contributed by atoms with Crippen molar-refractivity contribution in [3.8, 4) is 0 Å². The van der Waals surface area contributed by atoms with Crippen molar-refractivity contribution in [1.29, 1.82) is 0 Å². The van der Waals surface area contributed by atoms with E-state index in [0.717, 1.165) is 24.9 Å². The van der Waals surface area contributed by atoms with Gasteiger partial charge in [0.2, 0.25) is 5.91 Å². The number of carbonyl (C=O) groups excluding carboxylic acids is 1. The van der Waals surface area contributed by atoms with E-state index in [9.17, 15) is 9.90 Å². The highest BCUT2D eigenvalue weighted by Crippen LogP contribution is 2.38. The Morgan fingerprint density at radius 3 is 2.75 bits per heavy atom. The molecule has 1 aliphatic carbocycles. The highest BCUT2D eigenvalue weighted by atomic mass is 16.3. The summed E-state index contributed by atoms with van der Waals surface area (Å²) in [5.41, 5.74) is 7.15. The molecule has 0 radical (unpaired) electrons. The zero-order valence-corrected chi connectivity index (χ0v) is 11.6. The maximum atomic E-state index is 12.4. The van der Waals surface area contributed by atoms with E-state index >= 15 is 0 Å². The van der Waals surface area contributed by atoms with Gasteiger partial charge >= 0.3 is 0 Å². The van der Waals surface area contributed by atoms with Gasteiger partial charge in [0, 0.05) is 19.0 Å². The Morgan fingerprint density at radius 1 is 1.30 bits per heavy atom. The molecule has 0 aromatic heterocycles. The molecular formula is C16H22N2O2. The smallest absolute Gasteiger partial charge is 0.239 e. The van der Waals surface area contributed by atoms with Gasteiger partial charge in [0.05, 0.1) is 12.1 Å². The van der Waals surface area contributed by atoms with Crippen LogP contribution in [-0.4, -0.2) is 41.1 Å². The molecule has 1 aliphatic heterocycles. The van der Waals surface area contributed by atoms with Crippen LogP contribution in [0.4, 0.5) is 0 Å². The monoisotopic (exact) mass is 274 g/mol. The standard InChI is InChI=1S/C16H22N2O2/c17-14(8-11-4-2-1-3-5-11)16(20)18-9-12-6-7-15(19)13(12)10-18/h1-5,12-15,19H,6-10,17H2/t12?,13?,14-,15?/m1/s1. The van der Waals surface area contributed by atoms with E-state index in [2.05, 4.69) is 0 Å². The van der Waals surface area contributed by atoms with E-state index < -0.39 is 6.04 Å². The number of hydrogen-bond acceptors (Lipinski definition) is 3. The van der Waals surface area contributed by atoms with Gasteiger partial charge in [0.15, 0.2) is 0 Å². The summed E-state index contributed by atoms with van der Waals surface area (Å²) in [5.74, 6) is 0.760. The fourth-order valence-electron chi connectivity index (χ4n) is 3.61. The van der Waals surface area contributed by atoms with Crippen LogP contribution in [0.1, 0.15) is 18.4 Å². The Labute approximate surface area is 119 Å². The summed E-state index contributed by atoms with van der Waals surface area (Å²) in [4.78, 5) is 14.3. The zero-order chi connectivity index (χ0) is 14.1. The van der Waals surface area contributed by atoms with Crippen molar-refractivity contribution >= 4 is 5.91 Å². The van der Waals surface area contributed by atoms with Gasteiger partial charge in [-0.05, 0) is 30.7 Å². The lowest BCUT2D eigenvalue weighted by Crippen LogP contribution is -2.44. The summed E-state index contributed by atoms with van der Waals surface area (Å²) in [6.07, 6.45) is 2.26. The Hall–Kier alpha value is -1.39.